The van der Waals surface area contributed by atoms with Gasteiger partial charge in [0, 0.05) is 19.2 Å². The zero-order chi connectivity index (χ0) is 26.6. The fraction of sp³-hybridized carbons (Fsp3) is 0.200. The Hall–Kier alpha value is -4.45. The third-order valence-corrected chi connectivity index (χ3v) is 6.61. The van der Waals surface area contributed by atoms with Gasteiger partial charge in [-0.2, -0.15) is 13.9 Å². The number of nitrogens with zero attached hydrogens (tertiary/aromatic N) is 6. The van der Waals surface area contributed by atoms with Crippen LogP contribution < -0.4 is 10.6 Å². The van der Waals surface area contributed by atoms with Gasteiger partial charge >= 0.3 is 5.92 Å². The minimum absolute atomic E-state index is 0.0245. The smallest absolute Gasteiger partial charge is 0.350 e. The van der Waals surface area contributed by atoms with E-state index in [2.05, 4.69) is 30.9 Å². The number of amides is 2. The van der Waals surface area contributed by atoms with E-state index >= 15 is 8.78 Å². The van der Waals surface area contributed by atoms with E-state index in [0.717, 1.165) is 18.9 Å². The molecule has 1 fully saturated rings. The average Bonchev–Trinajstić information content (AvgIpc) is 3.55. The first-order chi connectivity index (χ1) is 18.2. The largest absolute Gasteiger partial charge is 0.355 e. The number of pyridine rings is 1. The summed E-state index contributed by atoms with van der Waals surface area (Å²) in [5, 5.41) is 17.1. The van der Waals surface area contributed by atoms with Crippen molar-refractivity contribution in [2.75, 3.05) is 12.4 Å². The van der Waals surface area contributed by atoms with Crippen LogP contribution in [-0.2, 0) is 10.7 Å². The Morgan fingerprint density at radius 2 is 1.79 bits per heavy atom. The highest BCUT2D eigenvalue weighted by atomic mass is 35.5. The predicted octanol–water partition coefficient (Wildman–Crippen LogP) is 3.94. The maximum absolute atomic E-state index is 15.7. The fourth-order valence-electron chi connectivity index (χ4n) is 4.09. The van der Waals surface area contributed by atoms with Crippen molar-refractivity contribution in [1.82, 2.24) is 34.5 Å². The molecule has 0 saturated heterocycles. The van der Waals surface area contributed by atoms with E-state index in [4.69, 9.17) is 11.6 Å². The van der Waals surface area contributed by atoms with E-state index in [0.29, 0.717) is 22.3 Å². The van der Waals surface area contributed by atoms with Gasteiger partial charge in [-0.15, -0.1) is 10.2 Å². The van der Waals surface area contributed by atoms with Crippen LogP contribution >= 0.6 is 11.6 Å². The van der Waals surface area contributed by atoms with Gasteiger partial charge in [0.2, 0.25) is 11.7 Å². The van der Waals surface area contributed by atoms with Crippen molar-refractivity contribution < 1.29 is 18.4 Å². The van der Waals surface area contributed by atoms with E-state index < -0.39 is 17.4 Å². The number of imidazole rings is 1. The minimum Gasteiger partial charge on any atom is -0.355 e. The second-order valence-corrected chi connectivity index (χ2v) is 9.34. The third kappa shape index (κ3) is 4.12. The molecule has 4 heterocycles. The Morgan fingerprint density at radius 1 is 1.03 bits per heavy atom. The molecule has 13 heteroatoms. The molecular formula is C25H19ClF2N8O2. The number of hydrogen-bond donors (Lipinski definition) is 2. The topological polar surface area (TPSA) is 119 Å². The summed E-state index contributed by atoms with van der Waals surface area (Å²) in [5.74, 6) is -4.50. The molecule has 2 amide bonds. The summed E-state index contributed by atoms with van der Waals surface area (Å²) in [5.41, 5.74) is 1.43. The zero-order valence-electron chi connectivity index (χ0n) is 19.8. The lowest BCUT2D eigenvalue weighted by atomic mass is 10.0. The van der Waals surface area contributed by atoms with Crippen molar-refractivity contribution in [2.24, 2.45) is 5.92 Å². The molecule has 0 bridgehead atoms. The number of nitrogens with one attached hydrogen (secondary N) is 2. The molecular weight excluding hydrogens is 518 g/mol. The van der Waals surface area contributed by atoms with Crippen molar-refractivity contribution in [3.05, 3.63) is 77.0 Å². The van der Waals surface area contributed by atoms with Gasteiger partial charge in [-0.3, -0.25) is 14.0 Å². The van der Waals surface area contributed by atoms with Crippen LogP contribution in [0.5, 0.6) is 0 Å². The van der Waals surface area contributed by atoms with Crippen LogP contribution in [0.3, 0.4) is 0 Å². The number of carbonyl (C=O) groups excluding carboxylic acids is 2. The molecule has 6 rings (SSSR count). The van der Waals surface area contributed by atoms with E-state index in [-0.39, 0.29) is 34.2 Å². The Balaban J connectivity index is 1.35. The highest BCUT2D eigenvalue weighted by molar-refractivity contribution is 6.34. The molecule has 10 nitrogen and oxygen atoms in total. The normalized spacial score (nSPS) is 13.7. The number of rotatable bonds is 6. The van der Waals surface area contributed by atoms with Crippen LogP contribution in [0.25, 0.3) is 22.4 Å². The number of hydrogen-bond acceptors (Lipinski definition) is 6. The Kier molecular flexibility index (Phi) is 5.56. The van der Waals surface area contributed by atoms with Crippen LogP contribution in [-0.4, -0.2) is 48.1 Å². The molecule has 0 radical (unpaired) electrons. The molecule has 1 aliphatic rings. The summed E-state index contributed by atoms with van der Waals surface area (Å²) in [6.07, 6.45) is 4.53. The second-order valence-electron chi connectivity index (χ2n) is 8.93. The van der Waals surface area contributed by atoms with E-state index in [1.807, 2.05) is 0 Å². The van der Waals surface area contributed by atoms with Crippen molar-refractivity contribution in [2.45, 2.75) is 18.8 Å². The third-order valence-electron chi connectivity index (χ3n) is 6.30. The Morgan fingerprint density at radius 3 is 2.53 bits per heavy atom. The SMILES string of the molecule is CNC(=O)c1ccc(-c2ccc3nnc(C(F)(F)c4ccc5nc(NC(=O)C6CC6)cn5n4)n3c2)cc1Cl. The highest BCUT2D eigenvalue weighted by Crippen LogP contribution is 2.35. The number of fused-ring (bicyclic) bond motifs is 2. The summed E-state index contributed by atoms with van der Waals surface area (Å²) in [7, 11) is 1.50. The fourth-order valence-corrected chi connectivity index (χ4v) is 4.35. The molecule has 1 aromatic carbocycles. The van der Waals surface area contributed by atoms with Gasteiger partial charge in [-0.05, 0) is 60.4 Å². The number of carbonyl (C=O) groups is 2. The van der Waals surface area contributed by atoms with E-state index in [1.165, 1.54) is 34.4 Å². The van der Waals surface area contributed by atoms with Crippen LogP contribution in [0.4, 0.5) is 14.6 Å². The van der Waals surface area contributed by atoms with Crippen LogP contribution in [0.15, 0.2) is 54.9 Å². The van der Waals surface area contributed by atoms with E-state index in [9.17, 15) is 9.59 Å². The standard InChI is InChI=1S/C25H19ClF2N8O2/c1-29-23(38)16-6-4-14(10-17(16)26)15-5-8-21-32-33-24(35(21)11-15)25(27,28)18-7-9-20-30-19(12-36(20)34-18)31-22(37)13-2-3-13/h4-13H,2-3H2,1H3,(H,29,38)(H,31,37). The number of aromatic nitrogens is 6. The molecule has 0 unspecified atom stereocenters. The molecule has 0 atom stereocenters. The monoisotopic (exact) mass is 536 g/mol. The molecule has 5 aromatic rings. The summed E-state index contributed by atoms with van der Waals surface area (Å²) in [4.78, 5) is 28.2. The number of anilines is 1. The molecule has 38 heavy (non-hydrogen) atoms. The first-order valence-corrected chi connectivity index (χ1v) is 12.1. The van der Waals surface area contributed by atoms with Crippen molar-refractivity contribution in [1.29, 1.82) is 0 Å². The average molecular weight is 537 g/mol. The molecule has 1 saturated carbocycles. The molecule has 0 aliphatic heterocycles. The van der Waals surface area contributed by atoms with Crippen molar-refractivity contribution >= 4 is 40.5 Å². The molecule has 192 valence electrons. The van der Waals surface area contributed by atoms with Crippen molar-refractivity contribution in [3.63, 3.8) is 0 Å². The molecule has 0 spiro atoms. The Labute approximate surface area is 218 Å². The lowest BCUT2D eigenvalue weighted by molar-refractivity contribution is -0.117. The van der Waals surface area contributed by atoms with Gasteiger partial charge < -0.3 is 10.6 Å². The summed E-state index contributed by atoms with van der Waals surface area (Å²) < 4.78 is 33.9. The molecule has 4 aromatic heterocycles. The maximum Gasteiger partial charge on any atom is 0.350 e. The van der Waals surface area contributed by atoms with Crippen LogP contribution in [0, 0.1) is 5.92 Å². The lowest BCUT2D eigenvalue weighted by Gasteiger charge is -2.14. The molecule has 2 N–H and O–H groups in total. The lowest BCUT2D eigenvalue weighted by Crippen LogP contribution is -2.22. The van der Waals surface area contributed by atoms with Gasteiger partial charge in [0.05, 0.1) is 16.8 Å². The number of halogens is 3. The minimum atomic E-state index is -3.62. The first-order valence-electron chi connectivity index (χ1n) is 11.7. The Bertz CT molecular complexity index is 1740. The number of benzene rings is 1. The van der Waals surface area contributed by atoms with Gasteiger partial charge in [0.1, 0.15) is 5.69 Å². The summed E-state index contributed by atoms with van der Waals surface area (Å²) in [6, 6.07) is 10.6. The predicted molar refractivity (Wildman–Crippen MR) is 134 cm³/mol. The van der Waals surface area contributed by atoms with E-state index in [1.54, 1.807) is 30.3 Å². The van der Waals surface area contributed by atoms with Gasteiger partial charge in [-0.25, -0.2) is 9.50 Å². The summed E-state index contributed by atoms with van der Waals surface area (Å²) in [6.45, 7) is 0. The van der Waals surface area contributed by atoms with Gasteiger partial charge in [0.25, 0.3) is 5.91 Å². The quantitative estimate of drug-likeness (QED) is 0.339. The first kappa shape index (κ1) is 23.9. The number of alkyl halides is 2. The van der Waals surface area contributed by atoms with Crippen LogP contribution in [0.2, 0.25) is 5.02 Å². The summed E-state index contributed by atoms with van der Waals surface area (Å²) >= 11 is 6.28. The second kappa shape index (κ2) is 8.84. The molecule has 1 aliphatic carbocycles. The van der Waals surface area contributed by atoms with Gasteiger partial charge in [0.15, 0.2) is 17.1 Å². The van der Waals surface area contributed by atoms with Gasteiger partial charge in [-0.1, -0.05) is 17.7 Å². The highest BCUT2D eigenvalue weighted by Gasteiger charge is 2.41. The maximum atomic E-state index is 15.7. The zero-order valence-corrected chi connectivity index (χ0v) is 20.6. The van der Waals surface area contributed by atoms with Crippen LogP contribution in [0.1, 0.15) is 34.7 Å². The van der Waals surface area contributed by atoms with Crippen molar-refractivity contribution in [3.8, 4) is 11.1 Å².